The number of hydrogen-bond donors (Lipinski definition) is 0. The molecule has 3 atom stereocenters. The van der Waals surface area contributed by atoms with Crippen LogP contribution in [0.2, 0.25) is 0 Å². The Balaban J connectivity index is 2.21. The zero-order chi connectivity index (χ0) is 8.01. The lowest BCUT2D eigenvalue weighted by Gasteiger charge is -2.13. The van der Waals surface area contributed by atoms with Gasteiger partial charge in [-0.25, -0.2) is 4.39 Å². The van der Waals surface area contributed by atoms with Crippen molar-refractivity contribution in [1.82, 2.24) is 4.90 Å². The normalized spacial score (nSPS) is 44.9. The Morgan fingerprint density at radius 2 is 2.45 bits per heavy atom. The topological polar surface area (TPSA) is 29.5 Å². The molecule has 0 N–H and O–H groups in total. The minimum atomic E-state index is -0.989. The number of ketones is 1. The van der Waals surface area contributed by atoms with E-state index in [0.717, 1.165) is 0 Å². The fourth-order valence-corrected chi connectivity index (χ4v) is 1.83. The molecule has 0 unspecified atom stereocenters. The molecule has 0 aromatic rings. The number of rotatable bonds is 0. The van der Waals surface area contributed by atoms with Gasteiger partial charge in [0.2, 0.25) is 0 Å². The molecule has 62 valence electrons. The number of likely N-dealkylation sites (tertiary alicyclic amines) is 1. The third-order valence-corrected chi connectivity index (χ3v) is 2.35. The van der Waals surface area contributed by atoms with Gasteiger partial charge in [-0.3, -0.25) is 9.69 Å². The van der Waals surface area contributed by atoms with Crippen molar-refractivity contribution in [2.24, 2.45) is 0 Å². The van der Waals surface area contributed by atoms with Crippen LogP contribution in [-0.4, -0.2) is 49.2 Å². The number of hydrogen-bond acceptors (Lipinski definition) is 3. The highest BCUT2D eigenvalue weighted by Crippen LogP contribution is 2.27. The molecular weight excluding hydrogens is 149 g/mol. The Kier molecular flexibility index (Phi) is 1.47. The first-order chi connectivity index (χ1) is 5.20. The van der Waals surface area contributed by atoms with E-state index in [2.05, 4.69) is 0 Å². The number of carbonyl (C=O) groups is 1. The van der Waals surface area contributed by atoms with E-state index >= 15 is 0 Å². The molecule has 2 aliphatic heterocycles. The van der Waals surface area contributed by atoms with Crippen molar-refractivity contribution in [1.29, 1.82) is 0 Å². The maximum absolute atomic E-state index is 13.0. The average Bonchev–Trinajstić information content (AvgIpc) is 2.41. The predicted octanol–water partition coefficient (Wildman–Crippen LogP) is -0.394. The van der Waals surface area contributed by atoms with Gasteiger partial charge in [0.1, 0.15) is 24.9 Å². The zero-order valence-corrected chi connectivity index (χ0v) is 6.29. The van der Waals surface area contributed by atoms with Crippen molar-refractivity contribution < 1.29 is 13.9 Å². The van der Waals surface area contributed by atoms with E-state index in [1.807, 2.05) is 0 Å². The van der Waals surface area contributed by atoms with Crippen molar-refractivity contribution >= 4 is 5.78 Å². The van der Waals surface area contributed by atoms with Crippen molar-refractivity contribution in [2.75, 3.05) is 20.2 Å². The van der Waals surface area contributed by atoms with Crippen molar-refractivity contribution in [2.45, 2.75) is 18.3 Å². The molecule has 2 saturated heterocycles. The van der Waals surface area contributed by atoms with E-state index in [9.17, 15) is 9.18 Å². The number of likely N-dealkylation sites (N-methyl/N-ethyl adjacent to an activating group) is 1. The Bertz CT molecular complexity index is 197. The molecule has 0 saturated carbocycles. The number of alkyl halides is 1. The summed E-state index contributed by atoms with van der Waals surface area (Å²) >= 11 is 0. The molecule has 2 heterocycles. The van der Waals surface area contributed by atoms with Gasteiger partial charge in [0.25, 0.3) is 0 Å². The summed E-state index contributed by atoms with van der Waals surface area (Å²) in [6.07, 6.45) is -1.48. The van der Waals surface area contributed by atoms with Gasteiger partial charge in [0, 0.05) is 6.54 Å². The molecule has 2 rings (SSSR count). The van der Waals surface area contributed by atoms with E-state index in [1.54, 1.807) is 11.9 Å². The summed E-state index contributed by atoms with van der Waals surface area (Å²) in [4.78, 5) is 12.8. The van der Waals surface area contributed by atoms with Gasteiger partial charge in [0.15, 0.2) is 5.78 Å². The Labute approximate surface area is 64.1 Å². The quantitative estimate of drug-likeness (QED) is 0.482. The Morgan fingerprint density at radius 1 is 1.73 bits per heavy atom. The lowest BCUT2D eigenvalue weighted by Crippen LogP contribution is -2.34. The lowest BCUT2D eigenvalue weighted by atomic mass is 10.1. The van der Waals surface area contributed by atoms with Crippen molar-refractivity contribution in [3.63, 3.8) is 0 Å². The predicted molar refractivity (Wildman–Crippen MR) is 36.1 cm³/mol. The van der Waals surface area contributed by atoms with Crippen molar-refractivity contribution in [3.8, 4) is 0 Å². The maximum atomic E-state index is 13.0. The SMILES string of the molecule is CN1C[C@@H](F)[C@H]2OCC(=O)[C@H]21. The van der Waals surface area contributed by atoms with Crippen LogP contribution in [0.25, 0.3) is 0 Å². The van der Waals surface area contributed by atoms with Crippen LogP contribution in [-0.2, 0) is 9.53 Å². The van der Waals surface area contributed by atoms with Gasteiger partial charge in [-0.15, -0.1) is 0 Å². The van der Waals surface area contributed by atoms with E-state index in [4.69, 9.17) is 4.74 Å². The molecule has 11 heavy (non-hydrogen) atoms. The fraction of sp³-hybridized carbons (Fsp3) is 0.857. The summed E-state index contributed by atoms with van der Waals surface area (Å²) in [6.45, 7) is 0.404. The van der Waals surface area contributed by atoms with Gasteiger partial charge in [-0.05, 0) is 7.05 Å². The minimum absolute atomic E-state index is 0.0117. The molecule has 3 nitrogen and oxygen atoms in total. The smallest absolute Gasteiger partial charge is 0.178 e. The van der Waals surface area contributed by atoms with Crippen LogP contribution < -0.4 is 0 Å². The first kappa shape index (κ1) is 7.18. The van der Waals surface area contributed by atoms with Crippen LogP contribution >= 0.6 is 0 Å². The average molecular weight is 159 g/mol. The van der Waals surface area contributed by atoms with E-state index in [1.165, 1.54) is 0 Å². The summed E-state index contributed by atoms with van der Waals surface area (Å²) < 4.78 is 18.0. The summed E-state index contributed by atoms with van der Waals surface area (Å²) in [6, 6.07) is -0.315. The molecular formula is C7H10FNO2. The number of halogens is 1. The Morgan fingerprint density at radius 3 is 3.09 bits per heavy atom. The molecule has 0 spiro atoms. The summed E-state index contributed by atoms with van der Waals surface area (Å²) in [7, 11) is 1.75. The van der Waals surface area contributed by atoms with Gasteiger partial charge in [0.05, 0.1) is 0 Å². The second-order valence-corrected chi connectivity index (χ2v) is 3.14. The van der Waals surface area contributed by atoms with Crippen molar-refractivity contribution in [3.05, 3.63) is 0 Å². The summed E-state index contributed by atoms with van der Waals surface area (Å²) in [5, 5.41) is 0. The molecule has 0 amide bonds. The van der Waals surface area contributed by atoms with Gasteiger partial charge >= 0.3 is 0 Å². The highest BCUT2D eigenvalue weighted by Gasteiger charge is 2.49. The van der Waals surface area contributed by atoms with Crippen LogP contribution in [0.4, 0.5) is 4.39 Å². The Hall–Kier alpha value is -0.480. The molecule has 0 aromatic heterocycles. The molecule has 0 aliphatic carbocycles. The summed E-state index contributed by atoms with van der Waals surface area (Å²) in [5.74, 6) is 0.0117. The maximum Gasteiger partial charge on any atom is 0.178 e. The molecule has 0 radical (unpaired) electrons. The monoisotopic (exact) mass is 159 g/mol. The highest BCUT2D eigenvalue weighted by molar-refractivity contribution is 5.88. The highest BCUT2D eigenvalue weighted by atomic mass is 19.1. The molecule has 0 aromatic carbocycles. The first-order valence-corrected chi connectivity index (χ1v) is 3.69. The lowest BCUT2D eigenvalue weighted by molar-refractivity contribution is -0.121. The minimum Gasteiger partial charge on any atom is -0.365 e. The number of Topliss-reactive ketones (excluding diaryl/α,β-unsaturated/α-hetero) is 1. The van der Waals surface area contributed by atoms with E-state index < -0.39 is 12.3 Å². The fourth-order valence-electron chi connectivity index (χ4n) is 1.83. The number of fused-ring (bicyclic) bond motifs is 1. The number of ether oxygens (including phenoxy) is 1. The molecule has 2 aliphatic rings. The van der Waals surface area contributed by atoms with E-state index in [0.29, 0.717) is 6.54 Å². The summed E-state index contributed by atoms with van der Waals surface area (Å²) in [5.41, 5.74) is 0. The van der Waals surface area contributed by atoms with Crippen LogP contribution in [0.3, 0.4) is 0 Å². The second kappa shape index (κ2) is 2.25. The standard InChI is InChI=1S/C7H10FNO2/c1-9-2-4(8)7-6(9)5(10)3-11-7/h4,6-7H,2-3H2,1H3/t4-,6-,7-/m1/s1. The molecule has 4 heteroatoms. The van der Waals surface area contributed by atoms with Crippen LogP contribution in [0.5, 0.6) is 0 Å². The van der Waals surface area contributed by atoms with Crippen LogP contribution in [0, 0.1) is 0 Å². The number of nitrogens with zero attached hydrogens (tertiary/aromatic N) is 1. The van der Waals surface area contributed by atoms with Gasteiger partial charge < -0.3 is 4.74 Å². The third kappa shape index (κ3) is 0.895. The van der Waals surface area contributed by atoms with Crippen LogP contribution in [0.1, 0.15) is 0 Å². The number of carbonyl (C=O) groups excluding carboxylic acids is 1. The molecule has 2 fully saturated rings. The second-order valence-electron chi connectivity index (χ2n) is 3.14. The third-order valence-electron chi connectivity index (χ3n) is 2.35. The van der Waals surface area contributed by atoms with Gasteiger partial charge in [-0.1, -0.05) is 0 Å². The van der Waals surface area contributed by atoms with Gasteiger partial charge in [-0.2, -0.15) is 0 Å². The molecule has 0 bridgehead atoms. The van der Waals surface area contributed by atoms with E-state index in [-0.39, 0.29) is 18.4 Å². The zero-order valence-electron chi connectivity index (χ0n) is 6.29. The van der Waals surface area contributed by atoms with Crippen LogP contribution in [0.15, 0.2) is 0 Å². The largest absolute Gasteiger partial charge is 0.365 e. The first-order valence-electron chi connectivity index (χ1n) is 3.69.